The minimum atomic E-state index is -0.0980. The number of ether oxygens (including phenoxy) is 2. The Bertz CT molecular complexity index is 685. The number of unbranched alkanes of at least 4 members (excludes halogenated alkanes) is 1. The van der Waals surface area contributed by atoms with Crippen molar-refractivity contribution in [2.24, 2.45) is 0 Å². The summed E-state index contributed by atoms with van der Waals surface area (Å²) in [5, 5.41) is 3.05. The van der Waals surface area contributed by atoms with Crippen LogP contribution >= 0.6 is 0 Å². The molecule has 0 bridgehead atoms. The molecule has 0 aliphatic heterocycles. The van der Waals surface area contributed by atoms with Crippen molar-refractivity contribution in [1.29, 1.82) is 0 Å². The molecule has 4 nitrogen and oxygen atoms in total. The van der Waals surface area contributed by atoms with E-state index in [2.05, 4.69) is 12.2 Å². The van der Waals surface area contributed by atoms with E-state index in [1.807, 2.05) is 56.3 Å². The highest BCUT2D eigenvalue weighted by molar-refractivity contribution is 5.94. The van der Waals surface area contributed by atoms with Crippen LogP contribution in [0.1, 0.15) is 61.1 Å². The smallest absolute Gasteiger partial charge is 0.251 e. The van der Waals surface area contributed by atoms with Gasteiger partial charge < -0.3 is 14.8 Å². The van der Waals surface area contributed by atoms with Gasteiger partial charge in [0.25, 0.3) is 5.91 Å². The summed E-state index contributed by atoms with van der Waals surface area (Å²) in [4.78, 5) is 12.6. The van der Waals surface area contributed by atoms with Gasteiger partial charge in [0, 0.05) is 17.7 Å². The zero-order chi connectivity index (χ0) is 18.8. The zero-order valence-electron chi connectivity index (χ0n) is 16.0. The second kappa shape index (κ2) is 10.6. The molecule has 2 aromatic rings. The molecule has 2 aromatic carbocycles. The Morgan fingerprint density at radius 1 is 1.12 bits per heavy atom. The van der Waals surface area contributed by atoms with Gasteiger partial charge in [0.1, 0.15) is 5.75 Å². The normalized spacial score (nSPS) is 11.8. The lowest BCUT2D eigenvalue weighted by Crippen LogP contribution is -2.26. The minimum absolute atomic E-state index is 0.0560. The van der Waals surface area contributed by atoms with Crippen molar-refractivity contribution in [3.05, 3.63) is 65.2 Å². The van der Waals surface area contributed by atoms with Crippen LogP contribution in [0.4, 0.5) is 0 Å². The number of benzene rings is 2. The van der Waals surface area contributed by atoms with Crippen molar-refractivity contribution in [3.8, 4) is 5.75 Å². The fourth-order valence-electron chi connectivity index (χ4n) is 2.66. The summed E-state index contributed by atoms with van der Waals surface area (Å²) < 4.78 is 11.4. The second-order valence-corrected chi connectivity index (χ2v) is 6.27. The summed E-state index contributed by atoms with van der Waals surface area (Å²) in [5.74, 6) is 0.677. The molecule has 1 atom stereocenters. The van der Waals surface area contributed by atoms with Gasteiger partial charge >= 0.3 is 0 Å². The predicted molar refractivity (Wildman–Crippen MR) is 104 cm³/mol. The molecule has 26 heavy (non-hydrogen) atoms. The molecule has 1 N–H and O–H groups in total. The fourth-order valence-corrected chi connectivity index (χ4v) is 2.66. The first-order valence-electron chi connectivity index (χ1n) is 9.35. The predicted octanol–water partition coefficient (Wildman–Crippen LogP) is 4.89. The quantitative estimate of drug-likeness (QED) is 0.617. The van der Waals surface area contributed by atoms with Crippen molar-refractivity contribution in [2.75, 3.05) is 13.2 Å². The largest absolute Gasteiger partial charge is 0.494 e. The molecule has 0 aliphatic rings. The van der Waals surface area contributed by atoms with Crippen LogP contribution in [-0.4, -0.2) is 19.1 Å². The topological polar surface area (TPSA) is 47.6 Å². The summed E-state index contributed by atoms with van der Waals surface area (Å²) >= 11 is 0. The van der Waals surface area contributed by atoms with E-state index < -0.39 is 0 Å². The molecule has 0 aliphatic carbocycles. The molecular formula is C22H29NO3. The molecule has 4 heteroatoms. The van der Waals surface area contributed by atoms with Crippen LogP contribution in [0.25, 0.3) is 0 Å². The van der Waals surface area contributed by atoms with Crippen LogP contribution in [0.5, 0.6) is 5.75 Å². The van der Waals surface area contributed by atoms with Crippen molar-refractivity contribution in [3.63, 3.8) is 0 Å². The summed E-state index contributed by atoms with van der Waals surface area (Å²) in [6.07, 6.45) is 2.12. The number of nitrogens with one attached hydrogen (secondary N) is 1. The highest BCUT2D eigenvalue weighted by atomic mass is 16.5. The first kappa shape index (κ1) is 20.0. The molecule has 140 valence electrons. The lowest BCUT2D eigenvalue weighted by atomic mass is 10.1. The van der Waals surface area contributed by atoms with Crippen molar-refractivity contribution >= 4 is 5.91 Å². The van der Waals surface area contributed by atoms with E-state index in [9.17, 15) is 4.79 Å². The highest BCUT2D eigenvalue weighted by Gasteiger charge is 2.14. The Kier molecular flexibility index (Phi) is 8.16. The number of amides is 1. The Morgan fingerprint density at radius 2 is 1.88 bits per heavy atom. The Hall–Kier alpha value is -2.33. The number of carbonyl (C=O) groups is 1. The molecule has 2 rings (SSSR count). The van der Waals surface area contributed by atoms with Gasteiger partial charge in [-0.05, 0) is 44.0 Å². The average Bonchev–Trinajstić information content (AvgIpc) is 2.67. The summed E-state index contributed by atoms with van der Waals surface area (Å²) in [6, 6.07) is 15.4. The minimum Gasteiger partial charge on any atom is -0.494 e. The number of carbonyl (C=O) groups excluding carboxylic acids is 1. The third-order valence-electron chi connectivity index (χ3n) is 4.17. The number of hydrogen-bond donors (Lipinski definition) is 1. The zero-order valence-corrected chi connectivity index (χ0v) is 16.0. The monoisotopic (exact) mass is 355 g/mol. The molecule has 0 radical (unpaired) electrons. The van der Waals surface area contributed by atoms with Gasteiger partial charge in [0.2, 0.25) is 0 Å². The molecule has 0 spiro atoms. The van der Waals surface area contributed by atoms with E-state index in [0.717, 1.165) is 29.7 Å². The Morgan fingerprint density at radius 3 is 2.58 bits per heavy atom. The van der Waals surface area contributed by atoms with Gasteiger partial charge in [-0.3, -0.25) is 4.79 Å². The lowest BCUT2D eigenvalue weighted by molar-refractivity contribution is 0.0938. The van der Waals surface area contributed by atoms with E-state index >= 15 is 0 Å². The molecular weight excluding hydrogens is 326 g/mol. The van der Waals surface area contributed by atoms with E-state index in [1.54, 1.807) is 6.07 Å². The summed E-state index contributed by atoms with van der Waals surface area (Å²) in [5.41, 5.74) is 2.60. The van der Waals surface area contributed by atoms with Crippen LogP contribution in [0.2, 0.25) is 0 Å². The SMILES string of the molecule is CCCCOCc1cc(C(=O)N[C@@H](C)c2ccccc2)ccc1OCC. The standard InChI is InChI=1S/C22H29NO3/c1-4-6-14-25-16-20-15-19(12-13-21(20)26-5-2)22(24)23-17(3)18-10-8-7-9-11-18/h7-13,15,17H,4-6,14,16H2,1-3H3,(H,23,24)/t17-/m0/s1. The van der Waals surface area contributed by atoms with Crippen molar-refractivity contribution < 1.29 is 14.3 Å². The molecule has 1 amide bonds. The first-order chi connectivity index (χ1) is 12.7. The van der Waals surface area contributed by atoms with Crippen molar-refractivity contribution in [2.45, 2.75) is 46.3 Å². The van der Waals surface area contributed by atoms with Crippen LogP contribution in [0.15, 0.2) is 48.5 Å². The van der Waals surface area contributed by atoms with Crippen molar-refractivity contribution in [1.82, 2.24) is 5.32 Å². The number of rotatable bonds is 10. The van der Waals surface area contributed by atoms with Crippen LogP contribution < -0.4 is 10.1 Å². The lowest BCUT2D eigenvalue weighted by Gasteiger charge is -2.16. The van der Waals surface area contributed by atoms with E-state index in [4.69, 9.17) is 9.47 Å². The maximum Gasteiger partial charge on any atom is 0.251 e. The van der Waals surface area contributed by atoms with Crippen LogP contribution in [0.3, 0.4) is 0 Å². The van der Waals surface area contributed by atoms with Crippen LogP contribution in [-0.2, 0) is 11.3 Å². The molecule has 0 unspecified atom stereocenters. The van der Waals surface area contributed by atoms with Gasteiger partial charge in [0.15, 0.2) is 0 Å². The fraction of sp³-hybridized carbons (Fsp3) is 0.409. The van der Waals surface area contributed by atoms with E-state index in [-0.39, 0.29) is 11.9 Å². The maximum absolute atomic E-state index is 12.6. The van der Waals surface area contributed by atoms with E-state index in [1.165, 1.54) is 0 Å². The summed E-state index contributed by atoms with van der Waals surface area (Å²) in [6.45, 7) is 7.81. The third-order valence-corrected chi connectivity index (χ3v) is 4.17. The maximum atomic E-state index is 12.6. The second-order valence-electron chi connectivity index (χ2n) is 6.27. The molecule has 0 fully saturated rings. The number of hydrogen-bond acceptors (Lipinski definition) is 3. The van der Waals surface area contributed by atoms with Gasteiger partial charge in [0.05, 0.1) is 19.3 Å². The Labute approximate surface area is 156 Å². The molecule has 0 saturated heterocycles. The third kappa shape index (κ3) is 5.88. The van der Waals surface area contributed by atoms with Crippen LogP contribution in [0, 0.1) is 0 Å². The molecule has 0 saturated carbocycles. The first-order valence-corrected chi connectivity index (χ1v) is 9.35. The summed E-state index contributed by atoms with van der Waals surface area (Å²) in [7, 11) is 0. The average molecular weight is 355 g/mol. The van der Waals surface area contributed by atoms with Gasteiger partial charge in [-0.25, -0.2) is 0 Å². The molecule has 0 heterocycles. The molecule has 0 aromatic heterocycles. The van der Waals surface area contributed by atoms with Gasteiger partial charge in [-0.1, -0.05) is 43.7 Å². The highest BCUT2D eigenvalue weighted by Crippen LogP contribution is 2.22. The van der Waals surface area contributed by atoms with E-state index in [0.29, 0.717) is 25.4 Å². The Balaban J connectivity index is 2.08. The van der Waals surface area contributed by atoms with Gasteiger partial charge in [-0.2, -0.15) is 0 Å². The van der Waals surface area contributed by atoms with Gasteiger partial charge in [-0.15, -0.1) is 0 Å².